The monoisotopic (exact) mass is 306 g/mol. The van der Waals surface area contributed by atoms with Crippen LogP contribution in [-0.4, -0.2) is 24.8 Å². The molecule has 5 nitrogen and oxygen atoms in total. The van der Waals surface area contributed by atoms with Crippen molar-refractivity contribution in [3.63, 3.8) is 0 Å². The largest absolute Gasteiger partial charge is 0.496 e. The molecule has 1 amide bonds. The van der Waals surface area contributed by atoms with E-state index in [1.54, 1.807) is 13.2 Å². The van der Waals surface area contributed by atoms with Crippen molar-refractivity contribution < 1.29 is 14.3 Å². The van der Waals surface area contributed by atoms with Crippen molar-refractivity contribution in [1.82, 2.24) is 0 Å². The van der Waals surface area contributed by atoms with Crippen LogP contribution in [0.3, 0.4) is 0 Å². The second-order valence-corrected chi connectivity index (χ2v) is 7.41. The van der Waals surface area contributed by atoms with Gasteiger partial charge in [-0.25, -0.2) is 4.79 Å². The molecule has 1 aromatic rings. The van der Waals surface area contributed by atoms with E-state index < -0.39 is 11.7 Å². The molecule has 22 heavy (non-hydrogen) atoms. The lowest BCUT2D eigenvalue weighted by Crippen LogP contribution is -2.27. The van der Waals surface area contributed by atoms with Gasteiger partial charge in [0.2, 0.25) is 0 Å². The molecule has 1 aliphatic rings. The Morgan fingerprint density at radius 3 is 2.36 bits per heavy atom. The van der Waals surface area contributed by atoms with Gasteiger partial charge in [-0.05, 0) is 37.8 Å². The summed E-state index contributed by atoms with van der Waals surface area (Å²) < 4.78 is 10.7. The lowest BCUT2D eigenvalue weighted by atomic mass is 10.0. The fourth-order valence-corrected chi connectivity index (χ4v) is 2.74. The second kappa shape index (κ2) is 5.47. The molecule has 0 aromatic heterocycles. The minimum atomic E-state index is -0.529. The molecule has 0 unspecified atom stereocenters. The van der Waals surface area contributed by atoms with Gasteiger partial charge in [0.1, 0.15) is 11.4 Å². The molecule has 2 atom stereocenters. The Balaban J connectivity index is 2.15. The van der Waals surface area contributed by atoms with Gasteiger partial charge < -0.3 is 15.2 Å². The highest BCUT2D eigenvalue weighted by molar-refractivity contribution is 5.85. The predicted molar refractivity (Wildman–Crippen MR) is 87.3 cm³/mol. The van der Waals surface area contributed by atoms with E-state index in [0.717, 1.165) is 11.3 Å². The van der Waals surface area contributed by atoms with E-state index in [0.29, 0.717) is 5.69 Å². The van der Waals surface area contributed by atoms with Crippen molar-refractivity contribution in [1.29, 1.82) is 0 Å². The molecule has 122 valence electrons. The standard InChI is InChI=1S/C17H26N2O3/c1-16(2,3)22-15(20)19-10-7-8-11(12(9-10)21-6)13-14(18)17(13,4)5/h7-9,13-14H,18H2,1-6H3,(H,19,20)/t13-,14-/m1/s1. The zero-order valence-electron chi connectivity index (χ0n) is 14.2. The highest BCUT2D eigenvalue weighted by Gasteiger charge is 2.57. The van der Waals surface area contributed by atoms with Gasteiger partial charge in [-0.15, -0.1) is 0 Å². The summed E-state index contributed by atoms with van der Waals surface area (Å²) in [7, 11) is 1.62. The third kappa shape index (κ3) is 3.35. The van der Waals surface area contributed by atoms with Crippen LogP contribution >= 0.6 is 0 Å². The molecule has 3 N–H and O–H groups in total. The van der Waals surface area contributed by atoms with E-state index in [-0.39, 0.29) is 17.4 Å². The maximum Gasteiger partial charge on any atom is 0.412 e. The van der Waals surface area contributed by atoms with Gasteiger partial charge in [0.05, 0.1) is 7.11 Å². The zero-order valence-corrected chi connectivity index (χ0v) is 14.2. The van der Waals surface area contributed by atoms with Gasteiger partial charge in [0.25, 0.3) is 0 Å². The van der Waals surface area contributed by atoms with E-state index >= 15 is 0 Å². The minimum absolute atomic E-state index is 0.0768. The molecule has 2 rings (SSSR count). The van der Waals surface area contributed by atoms with Crippen molar-refractivity contribution in [3.8, 4) is 5.75 Å². The Labute approximate surface area is 132 Å². The smallest absolute Gasteiger partial charge is 0.412 e. The van der Waals surface area contributed by atoms with Crippen LogP contribution in [0.2, 0.25) is 0 Å². The van der Waals surface area contributed by atoms with Crippen molar-refractivity contribution >= 4 is 11.8 Å². The maximum absolute atomic E-state index is 11.8. The predicted octanol–water partition coefficient (Wildman–Crippen LogP) is 3.49. The fraction of sp³-hybridized carbons (Fsp3) is 0.588. The first-order valence-corrected chi connectivity index (χ1v) is 7.50. The molecule has 0 bridgehead atoms. The minimum Gasteiger partial charge on any atom is -0.496 e. The summed E-state index contributed by atoms with van der Waals surface area (Å²) in [4.78, 5) is 11.8. The Kier molecular flexibility index (Phi) is 4.13. The van der Waals surface area contributed by atoms with Gasteiger partial charge in [-0.2, -0.15) is 0 Å². The van der Waals surface area contributed by atoms with Crippen LogP contribution in [0.25, 0.3) is 0 Å². The molecular weight excluding hydrogens is 280 g/mol. The van der Waals surface area contributed by atoms with Gasteiger partial charge in [-0.1, -0.05) is 19.9 Å². The van der Waals surface area contributed by atoms with Crippen molar-refractivity contribution in [2.24, 2.45) is 11.1 Å². The second-order valence-electron chi connectivity index (χ2n) is 7.41. The first-order chi connectivity index (χ1) is 10.1. The van der Waals surface area contributed by atoms with E-state index in [1.165, 1.54) is 0 Å². The summed E-state index contributed by atoms with van der Waals surface area (Å²) in [6.45, 7) is 9.77. The first kappa shape index (κ1) is 16.6. The molecule has 0 saturated heterocycles. The summed E-state index contributed by atoms with van der Waals surface area (Å²) >= 11 is 0. The summed E-state index contributed by atoms with van der Waals surface area (Å²) in [5.41, 5.74) is 7.41. The fourth-order valence-electron chi connectivity index (χ4n) is 2.74. The molecule has 1 aromatic carbocycles. The number of nitrogens with one attached hydrogen (secondary N) is 1. The van der Waals surface area contributed by atoms with Gasteiger partial charge in [0, 0.05) is 23.7 Å². The number of hydrogen-bond acceptors (Lipinski definition) is 4. The van der Waals surface area contributed by atoms with Crippen molar-refractivity contribution in [2.75, 3.05) is 12.4 Å². The molecule has 0 heterocycles. The Morgan fingerprint density at radius 2 is 1.91 bits per heavy atom. The number of nitrogens with two attached hydrogens (primary N) is 1. The normalized spacial score (nSPS) is 22.9. The molecule has 1 aliphatic carbocycles. The van der Waals surface area contributed by atoms with Crippen molar-refractivity contribution in [3.05, 3.63) is 23.8 Å². The molecule has 1 fully saturated rings. The SMILES string of the molecule is COc1cc(NC(=O)OC(C)(C)C)ccc1[C@@H]1[C@@H](N)C1(C)C. The quantitative estimate of drug-likeness (QED) is 0.896. The number of benzene rings is 1. The number of ether oxygens (including phenoxy) is 2. The summed E-state index contributed by atoms with van der Waals surface area (Å²) in [5, 5.41) is 2.72. The van der Waals surface area contributed by atoms with Crippen LogP contribution in [0.15, 0.2) is 18.2 Å². The lowest BCUT2D eigenvalue weighted by molar-refractivity contribution is 0.0636. The number of carbonyl (C=O) groups is 1. The number of hydrogen-bond donors (Lipinski definition) is 2. The van der Waals surface area contributed by atoms with E-state index in [2.05, 4.69) is 19.2 Å². The van der Waals surface area contributed by atoms with Gasteiger partial charge >= 0.3 is 6.09 Å². The average molecular weight is 306 g/mol. The van der Waals surface area contributed by atoms with E-state index in [4.69, 9.17) is 15.2 Å². The van der Waals surface area contributed by atoms with E-state index in [9.17, 15) is 4.79 Å². The Morgan fingerprint density at radius 1 is 1.32 bits per heavy atom. The van der Waals surface area contributed by atoms with Gasteiger partial charge in [-0.3, -0.25) is 5.32 Å². The Hall–Kier alpha value is -1.75. The highest BCUT2D eigenvalue weighted by Crippen LogP contribution is 2.59. The summed E-state index contributed by atoms with van der Waals surface area (Å²) in [6.07, 6.45) is -0.481. The zero-order chi connectivity index (χ0) is 16.7. The topological polar surface area (TPSA) is 73.6 Å². The first-order valence-electron chi connectivity index (χ1n) is 7.50. The molecule has 0 radical (unpaired) electrons. The maximum atomic E-state index is 11.8. The third-order valence-electron chi connectivity index (χ3n) is 4.12. The molecule has 0 aliphatic heterocycles. The van der Waals surface area contributed by atoms with Crippen LogP contribution < -0.4 is 15.8 Å². The van der Waals surface area contributed by atoms with Gasteiger partial charge in [0.15, 0.2) is 0 Å². The number of methoxy groups -OCH3 is 1. The molecular formula is C17H26N2O3. The summed E-state index contributed by atoms with van der Waals surface area (Å²) in [6, 6.07) is 5.75. The Bertz CT molecular complexity index is 576. The van der Waals surface area contributed by atoms with Crippen LogP contribution in [-0.2, 0) is 4.74 Å². The number of anilines is 1. The number of amides is 1. The third-order valence-corrected chi connectivity index (χ3v) is 4.12. The molecule has 1 saturated carbocycles. The molecule has 0 spiro atoms. The number of rotatable bonds is 3. The van der Waals surface area contributed by atoms with Crippen LogP contribution in [0.5, 0.6) is 5.75 Å². The average Bonchev–Trinajstić information content (AvgIpc) is 2.86. The lowest BCUT2D eigenvalue weighted by Gasteiger charge is -2.20. The molecule has 5 heteroatoms. The van der Waals surface area contributed by atoms with Crippen LogP contribution in [0, 0.1) is 5.41 Å². The number of carbonyl (C=O) groups excluding carboxylic acids is 1. The van der Waals surface area contributed by atoms with Crippen LogP contribution in [0.1, 0.15) is 46.1 Å². The summed E-state index contributed by atoms with van der Waals surface area (Å²) in [5.74, 6) is 1.01. The highest BCUT2D eigenvalue weighted by atomic mass is 16.6. The van der Waals surface area contributed by atoms with Crippen molar-refractivity contribution in [2.45, 2.75) is 52.2 Å². The van der Waals surface area contributed by atoms with E-state index in [1.807, 2.05) is 32.9 Å². The van der Waals surface area contributed by atoms with Crippen LogP contribution in [0.4, 0.5) is 10.5 Å².